The number of rotatable bonds is 8. The molecule has 8 heteroatoms. The Balaban J connectivity index is 2.41. The molecule has 0 bridgehead atoms. The molecule has 0 saturated carbocycles. The fourth-order valence-corrected chi connectivity index (χ4v) is 1.98. The number of amides is 4. The van der Waals surface area contributed by atoms with Crippen molar-refractivity contribution in [3.63, 3.8) is 0 Å². The summed E-state index contributed by atoms with van der Waals surface area (Å²) in [5.41, 5.74) is -0.938. The first-order chi connectivity index (χ1) is 9.84. The average molecular weight is 301 g/mol. The number of ether oxygens (including phenoxy) is 1. The van der Waals surface area contributed by atoms with Crippen LogP contribution in [0.1, 0.15) is 26.7 Å². The van der Waals surface area contributed by atoms with Crippen LogP contribution in [-0.4, -0.2) is 66.3 Å². The molecule has 8 nitrogen and oxygen atoms in total. The minimum atomic E-state index is -0.938. The number of nitrogens with one attached hydrogen (secondary N) is 2. The summed E-state index contributed by atoms with van der Waals surface area (Å²) in [7, 11) is 1.48. The van der Waals surface area contributed by atoms with Crippen molar-refractivity contribution >= 4 is 17.8 Å². The molecule has 2 unspecified atom stereocenters. The summed E-state index contributed by atoms with van der Waals surface area (Å²) in [6, 6.07) is -0.557. The number of hydrogen-bond donors (Lipinski definition) is 3. The van der Waals surface area contributed by atoms with Gasteiger partial charge in [-0.25, -0.2) is 4.79 Å². The first kappa shape index (κ1) is 17.4. The molecular formula is C13H23N3O5. The Labute approximate surface area is 123 Å². The monoisotopic (exact) mass is 301 g/mol. The van der Waals surface area contributed by atoms with E-state index in [9.17, 15) is 19.5 Å². The molecule has 1 aliphatic heterocycles. The highest BCUT2D eigenvalue weighted by molar-refractivity contribution is 6.08. The lowest BCUT2D eigenvalue weighted by molar-refractivity contribution is -0.134. The fourth-order valence-electron chi connectivity index (χ4n) is 1.98. The van der Waals surface area contributed by atoms with Crippen LogP contribution in [0.2, 0.25) is 0 Å². The number of nitrogens with zero attached hydrogens (tertiary/aromatic N) is 1. The van der Waals surface area contributed by atoms with Crippen LogP contribution < -0.4 is 10.6 Å². The Bertz CT molecular complexity index is 415. The van der Waals surface area contributed by atoms with Crippen molar-refractivity contribution in [2.24, 2.45) is 0 Å². The molecule has 1 saturated heterocycles. The molecular weight excluding hydrogens is 278 g/mol. The molecule has 0 radical (unpaired) electrons. The summed E-state index contributed by atoms with van der Waals surface area (Å²) < 4.78 is 4.76. The van der Waals surface area contributed by atoms with Gasteiger partial charge in [-0.05, 0) is 19.8 Å². The first-order valence-electron chi connectivity index (χ1n) is 6.92. The summed E-state index contributed by atoms with van der Waals surface area (Å²) >= 11 is 0. The Morgan fingerprint density at radius 2 is 2.19 bits per heavy atom. The van der Waals surface area contributed by atoms with Crippen LogP contribution in [0.4, 0.5) is 4.79 Å². The number of aliphatic hydroxyl groups excluding tert-OH is 1. The third kappa shape index (κ3) is 4.40. The van der Waals surface area contributed by atoms with Gasteiger partial charge in [0, 0.05) is 13.7 Å². The topological polar surface area (TPSA) is 108 Å². The van der Waals surface area contributed by atoms with Crippen LogP contribution in [0.15, 0.2) is 0 Å². The Morgan fingerprint density at radius 1 is 1.52 bits per heavy atom. The van der Waals surface area contributed by atoms with Gasteiger partial charge >= 0.3 is 6.03 Å². The van der Waals surface area contributed by atoms with E-state index in [2.05, 4.69) is 10.6 Å². The van der Waals surface area contributed by atoms with E-state index in [0.29, 0.717) is 12.8 Å². The fraction of sp³-hybridized carbons (Fsp3) is 0.769. The Kier molecular flexibility index (Phi) is 6.10. The highest BCUT2D eigenvalue weighted by atomic mass is 16.5. The zero-order chi connectivity index (χ0) is 16.0. The molecule has 0 spiro atoms. The van der Waals surface area contributed by atoms with Crippen molar-refractivity contribution in [1.82, 2.24) is 15.5 Å². The quantitative estimate of drug-likeness (QED) is 0.510. The Morgan fingerprint density at radius 3 is 2.71 bits per heavy atom. The van der Waals surface area contributed by atoms with Crippen LogP contribution in [-0.2, 0) is 14.3 Å². The van der Waals surface area contributed by atoms with Crippen molar-refractivity contribution in [3.05, 3.63) is 0 Å². The van der Waals surface area contributed by atoms with E-state index < -0.39 is 29.5 Å². The van der Waals surface area contributed by atoms with E-state index in [1.807, 2.05) is 0 Å². The van der Waals surface area contributed by atoms with E-state index in [0.717, 1.165) is 4.90 Å². The molecule has 4 amide bonds. The molecule has 0 aliphatic carbocycles. The molecule has 1 heterocycles. The molecule has 0 aromatic rings. The number of hydrogen-bond acceptors (Lipinski definition) is 5. The van der Waals surface area contributed by atoms with E-state index in [1.54, 1.807) is 13.8 Å². The molecule has 0 aromatic heterocycles. The van der Waals surface area contributed by atoms with Crippen molar-refractivity contribution in [1.29, 1.82) is 0 Å². The van der Waals surface area contributed by atoms with Gasteiger partial charge in [-0.15, -0.1) is 0 Å². The lowest BCUT2D eigenvalue weighted by atomic mass is 9.99. The predicted molar refractivity (Wildman–Crippen MR) is 74.5 cm³/mol. The molecule has 1 rings (SSSR count). The Hall–Kier alpha value is -1.67. The normalized spacial score (nSPS) is 23.1. The maximum atomic E-state index is 12.1. The van der Waals surface area contributed by atoms with Gasteiger partial charge in [0.25, 0.3) is 5.91 Å². The molecule has 120 valence electrons. The predicted octanol–water partition coefficient (Wildman–Crippen LogP) is -0.779. The van der Waals surface area contributed by atoms with Gasteiger partial charge in [-0.3, -0.25) is 14.5 Å². The van der Waals surface area contributed by atoms with Gasteiger partial charge in [-0.1, -0.05) is 6.92 Å². The van der Waals surface area contributed by atoms with Gasteiger partial charge in [0.15, 0.2) is 0 Å². The van der Waals surface area contributed by atoms with Crippen molar-refractivity contribution in [3.8, 4) is 0 Å². The van der Waals surface area contributed by atoms with Gasteiger partial charge in [0.1, 0.15) is 12.1 Å². The molecule has 2 atom stereocenters. The third-order valence-corrected chi connectivity index (χ3v) is 3.51. The maximum absolute atomic E-state index is 12.1. The molecule has 1 fully saturated rings. The van der Waals surface area contributed by atoms with Gasteiger partial charge in [-0.2, -0.15) is 0 Å². The van der Waals surface area contributed by atoms with Crippen LogP contribution in [0.5, 0.6) is 0 Å². The zero-order valence-electron chi connectivity index (χ0n) is 12.6. The van der Waals surface area contributed by atoms with Gasteiger partial charge in [0.2, 0.25) is 5.91 Å². The maximum Gasteiger partial charge on any atom is 0.325 e. The second kappa shape index (κ2) is 7.37. The van der Waals surface area contributed by atoms with E-state index in [-0.39, 0.29) is 19.7 Å². The summed E-state index contributed by atoms with van der Waals surface area (Å²) in [5.74, 6) is -0.840. The number of methoxy groups -OCH3 is 1. The molecule has 21 heavy (non-hydrogen) atoms. The van der Waals surface area contributed by atoms with Crippen LogP contribution in [0.25, 0.3) is 0 Å². The van der Waals surface area contributed by atoms with E-state index in [1.165, 1.54) is 7.11 Å². The van der Waals surface area contributed by atoms with Crippen molar-refractivity contribution in [2.75, 3.05) is 26.8 Å². The minimum absolute atomic E-state index is 0.192. The minimum Gasteiger partial charge on any atom is -0.391 e. The molecule has 3 N–H and O–H groups in total. The lowest BCUT2D eigenvalue weighted by Gasteiger charge is -2.19. The summed E-state index contributed by atoms with van der Waals surface area (Å²) in [4.78, 5) is 36.4. The summed E-state index contributed by atoms with van der Waals surface area (Å²) in [6.07, 6.45) is 0.140. The lowest BCUT2D eigenvalue weighted by Crippen LogP contribution is -2.44. The third-order valence-electron chi connectivity index (χ3n) is 3.51. The highest BCUT2D eigenvalue weighted by Crippen LogP contribution is 2.20. The number of carbonyl (C=O) groups excluding carboxylic acids is 3. The van der Waals surface area contributed by atoms with Crippen molar-refractivity contribution in [2.45, 2.75) is 38.3 Å². The number of carbonyl (C=O) groups is 3. The smallest absolute Gasteiger partial charge is 0.325 e. The van der Waals surface area contributed by atoms with Crippen LogP contribution in [0.3, 0.4) is 0 Å². The zero-order valence-corrected chi connectivity index (χ0v) is 12.6. The van der Waals surface area contributed by atoms with Crippen molar-refractivity contribution < 1.29 is 24.2 Å². The van der Waals surface area contributed by atoms with Gasteiger partial charge < -0.3 is 20.5 Å². The first-order valence-corrected chi connectivity index (χ1v) is 6.92. The standard InChI is InChI=1S/C13H23N3O5/c1-4-13(2)11(19)16(12(20)15-13)7-10(18)14-6-5-9(17)8-21-3/h9,17H,4-8H2,1-3H3,(H,14,18)(H,15,20). The van der Waals surface area contributed by atoms with Gasteiger partial charge in [0.05, 0.1) is 12.7 Å². The number of aliphatic hydroxyl groups is 1. The van der Waals surface area contributed by atoms with Crippen LogP contribution in [0, 0.1) is 0 Å². The summed E-state index contributed by atoms with van der Waals surface area (Å²) in [6.45, 7) is 3.54. The molecule has 0 aromatic carbocycles. The van der Waals surface area contributed by atoms with E-state index in [4.69, 9.17) is 4.74 Å². The number of imide groups is 1. The van der Waals surface area contributed by atoms with Crippen LogP contribution >= 0.6 is 0 Å². The second-order valence-corrected chi connectivity index (χ2v) is 5.25. The van der Waals surface area contributed by atoms with E-state index >= 15 is 0 Å². The highest BCUT2D eigenvalue weighted by Gasteiger charge is 2.46. The number of urea groups is 1. The molecule has 1 aliphatic rings. The summed E-state index contributed by atoms with van der Waals surface area (Å²) in [5, 5.41) is 14.6. The SMILES string of the molecule is CCC1(C)NC(=O)N(CC(=O)NCCC(O)COC)C1=O. The average Bonchev–Trinajstić information content (AvgIpc) is 2.63. The second-order valence-electron chi connectivity index (χ2n) is 5.25. The largest absolute Gasteiger partial charge is 0.391 e.